The fraction of sp³-hybridized carbons (Fsp3) is 0.0435. The van der Waals surface area contributed by atoms with E-state index in [1.54, 1.807) is 48.5 Å². The summed E-state index contributed by atoms with van der Waals surface area (Å²) in [5.74, 6) is 0.465. The maximum absolute atomic E-state index is 12.6. The Labute approximate surface area is 161 Å². The summed E-state index contributed by atoms with van der Waals surface area (Å²) >= 11 is 0. The number of aromatic nitrogens is 1. The van der Waals surface area contributed by atoms with Crippen LogP contribution in [0, 0.1) is 0 Å². The topological polar surface area (TPSA) is 68.4 Å². The number of benzene rings is 3. The summed E-state index contributed by atoms with van der Waals surface area (Å²) in [5.41, 5.74) is 1.53. The monoisotopic (exact) mass is 371 g/mol. The highest BCUT2D eigenvalue weighted by Crippen LogP contribution is 2.21. The molecule has 138 valence electrons. The predicted molar refractivity (Wildman–Crippen MR) is 107 cm³/mol. The third kappa shape index (κ3) is 3.94. The number of fused-ring (bicyclic) bond motifs is 1. The van der Waals surface area contributed by atoms with Gasteiger partial charge >= 0.3 is 5.97 Å². The van der Waals surface area contributed by atoms with E-state index in [9.17, 15) is 9.59 Å². The first kappa shape index (κ1) is 17.5. The molecule has 0 amide bonds. The van der Waals surface area contributed by atoms with Crippen molar-refractivity contribution >= 4 is 16.9 Å². The lowest BCUT2D eigenvalue weighted by Crippen LogP contribution is -2.14. The average Bonchev–Trinajstić information content (AvgIpc) is 2.73. The molecule has 0 unspecified atom stereocenters. The van der Waals surface area contributed by atoms with E-state index in [1.165, 1.54) is 6.07 Å². The SMILES string of the molecule is O=C(Oc1ccc(OCc2ccccc2)cc1)c1cc(=O)[nH]c2ccccc12. The van der Waals surface area contributed by atoms with Crippen molar-refractivity contribution in [2.24, 2.45) is 0 Å². The maximum atomic E-state index is 12.6. The van der Waals surface area contributed by atoms with Crippen LogP contribution in [0.3, 0.4) is 0 Å². The minimum Gasteiger partial charge on any atom is -0.489 e. The Hall–Kier alpha value is -3.86. The van der Waals surface area contributed by atoms with Crippen LogP contribution in [0.15, 0.2) is 89.7 Å². The summed E-state index contributed by atoms with van der Waals surface area (Å²) in [4.78, 5) is 27.1. The lowest BCUT2D eigenvalue weighted by molar-refractivity contribution is 0.0736. The maximum Gasteiger partial charge on any atom is 0.344 e. The first-order chi connectivity index (χ1) is 13.7. The normalized spacial score (nSPS) is 10.6. The Morgan fingerprint density at radius 2 is 1.50 bits per heavy atom. The first-order valence-corrected chi connectivity index (χ1v) is 8.80. The highest BCUT2D eigenvalue weighted by atomic mass is 16.5. The fourth-order valence-electron chi connectivity index (χ4n) is 2.88. The standard InChI is InChI=1S/C23H17NO4/c25-22-14-20(19-8-4-5-9-21(19)24-22)23(26)28-18-12-10-17(11-13-18)27-15-16-6-2-1-3-7-16/h1-14H,15H2,(H,24,25). The Kier molecular flexibility index (Phi) is 4.89. The van der Waals surface area contributed by atoms with Crippen LogP contribution in [0.4, 0.5) is 0 Å². The van der Waals surface area contributed by atoms with Crippen LogP contribution in [0.25, 0.3) is 10.9 Å². The van der Waals surface area contributed by atoms with Crippen LogP contribution in [-0.2, 0) is 6.61 Å². The molecule has 1 aromatic heterocycles. The van der Waals surface area contributed by atoms with Gasteiger partial charge in [-0.3, -0.25) is 4.79 Å². The van der Waals surface area contributed by atoms with E-state index in [0.29, 0.717) is 29.0 Å². The summed E-state index contributed by atoms with van der Waals surface area (Å²) in [7, 11) is 0. The number of ether oxygens (including phenoxy) is 2. The van der Waals surface area contributed by atoms with Crippen LogP contribution in [0.1, 0.15) is 15.9 Å². The third-order valence-electron chi connectivity index (χ3n) is 4.25. The summed E-state index contributed by atoms with van der Waals surface area (Å²) in [6.45, 7) is 0.457. The average molecular weight is 371 g/mol. The van der Waals surface area contributed by atoms with Gasteiger partial charge in [-0.25, -0.2) is 4.79 Å². The largest absolute Gasteiger partial charge is 0.489 e. The second kappa shape index (κ2) is 7.80. The molecule has 3 aromatic carbocycles. The van der Waals surface area contributed by atoms with Crippen molar-refractivity contribution in [3.63, 3.8) is 0 Å². The minimum atomic E-state index is -0.583. The molecule has 0 fully saturated rings. The van der Waals surface area contributed by atoms with E-state index >= 15 is 0 Å². The van der Waals surface area contributed by atoms with Crippen LogP contribution >= 0.6 is 0 Å². The van der Waals surface area contributed by atoms with Crippen molar-refractivity contribution in [2.75, 3.05) is 0 Å². The molecule has 4 rings (SSSR count). The number of carbonyl (C=O) groups is 1. The molecule has 5 nitrogen and oxygen atoms in total. The van der Waals surface area contributed by atoms with Gasteiger partial charge in [0, 0.05) is 17.0 Å². The molecule has 0 aliphatic heterocycles. The van der Waals surface area contributed by atoms with Gasteiger partial charge in [0.1, 0.15) is 18.1 Å². The minimum absolute atomic E-state index is 0.226. The molecule has 0 saturated heterocycles. The zero-order valence-corrected chi connectivity index (χ0v) is 14.9. The van der Waals surface area contributed by atoms with Gasteiger partial charge in [0.15, 0.2) is 0 Å². The summed E-state index contributed by atoms with van der Waals surface area (Å²) in [6, 6.07) is 25.0. The smallest absolute Gasteiger partial charge is 0.344 e. The second-order valence-electron chi connectivity index (χ2n) is 6.23. The first-order valence-electron chi connectivity index (χ1n) is 8.80. The highest BCUT2D eigenvalue weighted by molar-refractivity contribution is 6.03. The fourth-order valence-corrected chi connectivity index (χ4v) is 2.88. The number of pyridine rings is 1. The Bertz CT molecular complexity index is 1160. The van der Waals surface area contributed by atoms with E-state index in [2.05, 4.69) is 4.98 Å². The molecule has 0 bridgehead atoms. The van der Waals surface area contributed by atoms with Gasteiger partial charge in [0.05, 0.1) is 5.56 Å². The summed E-state index contributed by atoms with van der Waals surface area (Å²) in [5, 5.41) is 0.634. The number of hydrogen-bond acceptors (Lipinski definition) is 4. The molecule has 4 aromatic rings. The lowest BCUT2D eigenvalue weighted by atomic mass is 10.1. The van der Waals surface area contributed by atoms with Crippen molar-refractivity contribution in [3.8, 4) is 11.5 Å². The Balaban J connectivity index is 1.47. The van der Waals surface area contributed by atoms with E-state index in [4.69, 9.17) is 9.47 Å². The second-order valence-corrected chi connectivity index (χ2v) is 6.23. The van der Waals surface area contributed by atoms with Crippen LogP contribution in [0.5, 0.6) is 11.5 Å². The van der Waals surface area contributed by atoms with Crippen LogP contribution in [0.2, 0.25) is 0 Å². The zero-order valence-electron chi connectivity index (χ0n) is 14.9. The number of aromatic amines is 1. The van der Waals surface area contributed by atoms with E-state index in [0.717, 1.165) is 5.56 Å². The van der Waals surface area contributed by atoms with Gasteiger partial charge in [0.2, 0.25) is 5.56 Å². The third-order valence-corrected chi connectivity index (χ3v) is 4.25. The van der Waals surface area contributed by atoms with Gasteiger partial charge in [-0.2, -0.15) is 0 Å². The van der Waals surface area contributed by atoms with Crippen molar-refractivity contribution in [2.45, 2.75) is 6.61 Å². The molecular formula is C23H17NO4. The number of esters is 1. The molecule has 0 spiro atoms. The lowest BCUT2D eigenvalue weighted by Gasteiger charge is -2.09. The van der Waals surface area contributed by atoms with Crippen LogP contribution in [-0.4, -0.2) is 11.0 Å². The van der Waals surface area contributed by atoms with Gasteiger partial charge in [-0.15, -0.1) is 0 Å². The summed E-state index contributed by atoms with van der Waals surface area (Å²) in [6.07, 6.45) is 0. The number of nitrogens with one attached hydrogen (secondary N) is 1. The molecule has 5 heteroatoms. The van der Waals surface area contributed by atoms with Crippen molar-refractivity contribution in [3.05, 3.63) is 106 Å². The van der Waals surface area contributed by atoms with Crippen LogP contribution < -0.4 is 15.0 Å². The number of hydrogen-bond donors (Lipinski definition) is 1. The van der Waals surface area contributed by atoms with E-state index < -0.39 is 5.97 Å². The quantitative estimate of drug-likeness (QED) is 0.419. The van der Waals surface area contributed by atoms with E-state index in [-0.39, 0.29) is 11.1 Å². The number of carbonyl (C=O) groups excluding carboxylic acids is 1. The number of H-pyrrole nitrogens is 1. The Morgan fingerprint density at radius 1 is 0.821 bits per heavy atom. The van der Waals surface area contributed by atoms with Gasteiger partial charge in [0.25, 0.3) is 0 Å². The molecular weight excluding hydrogens is 354 g/mol. The van der Waals surface area contributed by atoms with Crippen molar-refractivity contribution < 1.29 is 14.3 Å². The molecule has 0 aliphatic carbocycles. The molecule has 1 heterocycles. The zero-order chi connectivity index (χ0) is 19.3. The molecule has 0 atom stereocenters. The predicted octanol–water partition coefficient (Wildman–Crippen LogP) is 4.33. The Morgan fingerprint density at radius 3 is 2.29 bits per heavy atom. The van der Waals surface area contributed by atoms with Crippen molar-refractivity contribution in [1.82, 2.24) is 4.98 Å². The number of para-hydroxylation sites is 1. The molecule has 0 radical (unpaired) electrons. The van der Waals surface area contributed by atoms with Crippen molar-refractivity contribution in [1.29, 1.82) is 0 Å². The summed E-state index contributed by atoms with van der Waals surface area (Å²) < 4.78 is 11.2. The van der Waals surface area contributed by atoms with E-state index in [1.807, 2.05) is 30.3 Å². The number of rotatable bonds is 5. The molecule has 1 N–H and O–H groups in total. The highest BCUT2D eigenvalue weighted by Gasteiger charge is 2.14. The molecule has 0 saturated carbocycles. The van der Waals surface area contributed by atoms with Gasteiger partial charge < -0.3 is 14.5 Å². The van der Waals surface area contributed by atoms with Gasteiger partial charge in [-0.05, 0) is 35.9 Å². The van der Waals surface area contributed by atoms with Gasteiger partial charge in [-0.1, -0.05) is 48.5 Å². The molecule has 28 heavy (non-hydrogen) atoms. The molecule has 0 aliphatic rings.